The van der Waals surface area contributed by atoms with Crippen molar-refractivity contribution in [2.45, 2.75) is 32.2 Å². The summed E-state index contributed by atoms with van der Waals surface area (Å²) in [5, 5.41) is 0. The summed E-state index contributed by atoms with van der Waals surface area (Å²) in [5.74, 6) is 0.513. The Hall–Kier alpha value is -1.55. The van der Waals surface area contributed by atoms with Crippen molar-refractivity contribution in [2.75, 3.05) is 19.7 Å². The topological polar surface area (TPSA) is 55.6 Å². The van der Waals surface area contributed by atoms with Crippen LogP contribution in [0.1, 0.15) is 37.8 Å². The number of nitrogens with zero attached hydrogens (tertiary/aromatic N) is 1. The van der Waals surface area contributed by atoms with Crippen molar-refractivity contribution < 1.29 is 9.53 Å². The first-order valence-corrected chi connectivity index (χ1v) is 6.98. The van der Waals surface area contributed by atoms with Gasteiger partial charge in [0, 0.05) is 0 Å². The molecule has 0 bridgehead atoms. The number of carbonyl (C=O) groups is 1. The number of hydrogen-bond donors (Lipinski definition) is 1. The number of amides is 1. The predicted octanol–water partition coefficient (Wildman–Crippen LogP) is 2.10. The predicted molar refractivity (Wildman–Crippen MR) is 75.0 cm³/mol. The number of ether oxygens (including phenoxy) is 1. The third-order valence-corrected chi connectivity index (χ3v) is 3.51. The number of piperidine rings is 1. The average Bonchev–Trinajstić information content (AvgIpc) is 2.40. The van der Waals surface area contributed by atoms with Crippen LogP contribution in [-0.4, -0.2) is 30.5 Å². The lowest BCUT2D eigenvalue weighted by atomic mass is 10.0. The van der Waals surface area contributed by atoms with Crippen LogP contribution in [0.3, 0.4) is 0 Å². The average molecular weight is 262 g/mol. The van der Waals surface area contributed by atoms with E-state index in [1.165, 1.54) is 6.42 Å². The van der Waals surface area contributed by atoms with Gasteiger partial charge in [-0.05, 0) is 50.6 Å². The van der Waals surface area contributed by atoms with Gasteiger partial charge in [-0.2, -0.15) is 0 Å². The molecule has 0 radical (unpaired) electrons. The molecule has 2 N–H and O–H groups in total. The molecule has 1 aliphatic rings. The van der Waals surface area contributed by atoms with Gasteiger partial charge in [0.1, 0.15) is 11.8 Å². The zero-order valence-corrected chi connectivity index (χ0v) is 11.5. The fourth-order valence-corrected chi connectivity index (χ4v) is 2.67. The van der Waals surface area contributed by atoms with Crippen molar-refractivity contribution in [3.63, 3.8) is 0 Å². The molecule has 0 spiro atoms. The molecule has 1 saturated heterocycles. The molecule has 0 aromatic heterocycles. The lowest BCUT2D eigenvalue weighted by molar-refractivity contribution is -0.123. The zero-order valence-electron chi connectivity index (χ0n) is 11.5. The molecular formula is C15H22N2O2. The van der Waals surface area contributed by atoms with Crippen molar-refractivity contribution in [1.82, 2.24) is 4.90 Å². The number of rotatable bonds is 5. The third-order valence-electron chi connectivity index (χ3n) is 3.51. The second kappa shape index (κ2) is 6.57. The minimum absolute atomic E-state index is 0.282. The maximum Gasteiger partial charge on any atom is 0.239 e. The van der Waals surface area contributed by atoms with E-state index in [0.29, 0.717) is 6.61 Å². The Morgan fingerprint density at radius 2 is 2.11 bits per heavy atom. The first kappa shape index (κ1) is 13.9. The highest BCUT2D eigenvalue weighted by Gasteiger charge is 2.27. The van der Waals surface area contributed by atoms with Crippen molar-refractivity contribution in [3.05, 3.63) is 29.8 Å². The molecule has 1 unspecified atom stereocenters. The Morgan fingerprint density at radius 1 is 1.37 bits per heavy atom. The van der Waals surface area contributed by atoms with Crippen LogP contribution in [0.25, 0.3) is 0 Å². The highest BCUT2D eigenvalue weighted by atomic mass is 16.5. The summed E-state index contributed by atoms with van der Waals surface area (Å²) in [6.45, 7) is 4.44. The molecule has 4 nitrogen and oxygen atoms in total. The molecule has 1 aliphatic heterocycles. The Labute approximate surface area is 114 Å². The summed E-state index contributed by atoms with van der Waals surface area (Å²) >= 11 is 0. The largest absolute Gasteiger partial charge is 0.494 e. The molecule has 1 atom stereocenters. The molecule has 0 aliphatic carbocycles. The van der Waals surface area contributed by atoms with Crippen LogP contribution in [0.5, 0.6) is 5.75 Å². The minimum Gasteiger partial charge on any atom is -0.494 e. The fourth-order valence-electron chi connectivity index (χ4n) is 2.67. The van der Waals surface area contributed by atoms with Gasteiger partial charge in [0.05, 0.1) is 6.61 Å². The normalized spacial score (nSPS) is 17.9. The van der Waals surface area contributed by atoms with Crippen LogP contribution in [-0.2, 0) is 4.79 Å². The molecule has 1 aromatic rings. The molecule has 1 amide bonds. The zero-order chi connectivity index (χ0) is 13.7. The van der Waals surface area contributed by atoms with Gasteiger partial charge in [-0.15, -0.1) is 0 Å². The molecule has 1 fully saturated rings. The lowest BCUT2D eigenvalue weighted by Crippen LogP contribution is -2.40. The summed E-state index contributed by atoms with van der Waals surface area (Å²) in [4.78, 5) is 14.0. The Kier molecular flexibility index (Phi) is 4.80. The number of likely N-dealkylation sites (tertiary alicyclic amines) is 1. The number of hydrogen-bond acceptors (Lipinski definition) is 3. The second-order valence-corrected chi connectivity index (χ2v) is 4.91. The third kappa shape index (κ3) is 3.47. The van der Waals surface area contributed by atoms with E-state index in [2.05, 4.69) is 4.90 Å². The van der Waals surface area contributed by atoms with Crippen LogP contribution in [0.2, 0.25) is 0 Å². The van der Waals surface area contributed by atoms with Crippen molar-refractivity contribution in [2.24, 2.45) is 5.73 Å². The van der Waals surface area contributed by atoms with Gasteiger partial charge in [0.25, 0.3) is 0 Å². The highest BCUT2D eigenvalue weighted by molar-refractivity contribution is 5.81. The van der Waals surface area contributed by atoms with Crippen LogP contribution in [0.4, 0.5) is 0 Å². The molecule has 1 heterocycles. The molecule has 0 saturated carbocycles. The van der Waals surface area contributed by atoms with E-state index in [4.69, 9.17) is 10.5 Å². The second-order valence-electron chi connectivity index (χ2n) is 4.91. The van der Waals surface area contributed by atoms with Crippen LogP contribution >= 0.6 is 0 Å². The van der Waals surface area contributed by atoms with E-state index >= 15 is 0 Å². The number of benzene rings is 1. The molecular weight excluding hydrogens is 240 g/mol. The van der Waals surface area contributed by atoms with Crippen LogP contribution < -0.4 is 10.5 Å². The Balaban J connectivity index is 2.22. The Morgan fingerprint density at radius 3 is 2.74 bits per heavy atom. The first-order chi connectivity index (χ1) is 9.22. The number of nitrogens with two attached hydrogens (primary N) is 1. The standard InChI is InChI=1S/C15H22N2O2/c1-2-19-13-8-6-7-12(11-13)14(15(16)18)17-9-4-3-5-10-17/h6-8,11,14H,2-5,9-10H2,1H3,(H2,16,18). The van der Waals surface area contributed by atoms with E-state index in [9.17, 15) is 4.79 Å². The minimum atomic E-state index is -0.333. The quantitative estimate of drug-likeness (QED) is 0.884. The summed E-state index contributed by atoms with van der Waals surface area (Å²) in [5.41, 5.74) is 6.53. The van der Waals surface area contributed by atoms with Crippen molar-refractivity contribution >= 4 is 5.91 Å². The maximum absolute atomic E-state index is 11.8. The van der Waals surface area contributed by atoms with E-state index in [0.717, 1.165) is 37.2 Å². The first-order valence-electron chi connectivity index (χ1n) is 6.98. The fraction of sp³-hybridized carbons (Fsp3) is 0.533. The molecule has 104 valence electrons. The van der Waals surface area contributed by atoms with Crippen LogP contribution in [0.15, 0.2) is 24.3 Å². The van der Waals surface area contributed by atoms with Gasteiger partial charge in [0.15, 0.2) is 0 Å². The van der Waals surface area contributed by atoms with E-state index < -0.39 is 0 Å². The lowest BCUT2D eigenvalue weighted by Gasteiger charge is -2.32. The molecule has 19 heavy (non-hydrogen) atoms. The molecule has 4 heteroatoms. The van der Waals surface area contributed by atoms with E-state index in [1.807, 2.05) is 31.2 Å². The summed E-state index contributed by atoms with van der Waals surface area (Å²) < 4.78 is 5.49. The van der Waals surface area contributed by atoms with Crippen molar-refractivity contribution in [3.8, 4) is 5.75 Å². The van der Waals surface area contributed by atoms with Gasteiger partial charge in [0.2, 0.25) is 5.91 Å². The van der Waals surface area contributed by atoms with Gasteiger partial charge in [-0.25, -0.2) is 0 Å². The van der Waals surface area contributed by atoms with Gasteiger partial charge < -0.3 is 10.5 Å². The Bertz CT molecular complexity index is 428. The van der Waals surface area contributed by atoms with Gasteiger partial charge >= 0.3 is 0 Å². The number of primary amides is 1. The van der Waals surface area contributed by atoms with Gasteiger partial charge in [-0.1, -0.05) is 18.6 Å². The summed E-state index contributed by atoms with van der Waals surface area (Å²) in [6.07, 6.45) is 3.50. The van der Waals surface area contributed by atoms with Crippen LogP contribution in [0, 0.1) is 0 Å². The highest BCUT2D eigenvalue weighted by Crippen LogP contribution is 2.26. The summed E-state index contributed by atoms with van der Waals surface area (Å²) in [6, 6.07) is 7.36. The SMILES string of the molecule is CCOc1cccc(C(C(N)=O)N2CCCCC2)c1. The van der Waals surface area contributed by atoms with E-state index in [1.54, 1.807) is 0 Å². The molecule has 1 aromatic carbocycles. The smallest absolute Gasteiger partial charge is 0.239 e. The molecule has 2 rings (SSSR count). The monoisotopic (exact) mass is 262 g/mol. The van der Waals surface area contributed by atoms with E-state index in [-0.39, 0.29) is 11.9 Å². The number of carbonyl (C=O) groups excluding carboxylic acids is 1. The van der Waals surface area contributed by atoms with Crippen molar-refractivity contribution in [1.29, 1.82) is 0 Å². The van der Waals surface area contributed by atoms with Gasteiger partial charge in [-0.3, -0.25) is 9.69 Å². The summed E-state index contributed by atoms with van der Waals surface area (Å²) in [7, 11) is 0. The maximum atomic E-state index is 11.8.